The smallest absolute Gasteiger partial charge is 0.462 e. The summed E-state index contributed by atoms with van der Waals surface area (Å²) in [5, 5.41) is 8.35. The summed E-state index contributed by atoms with van der Waals surface area (Å²) in [5.74, 6) is -29.1. The topological polar surface area (TPSA) is 72.8 Å². The van der Waals surface area contributed by atoms with Crippen molar-refractivity contribution in [3.8, 4) is 0 Å². The lowest BCUT2D eigenvalue weighted by Gasteiger charge is -2.40. The SMILES string of the molecule is CC(=CC(=O)C(F)(OC(F)(F)C(F)(OC(F)(F)C(F)(F)C(F)(F)F)C(F)(F)F)C(F)(F)F)C(=O)O. The number of carboxylic acid groups (broad SMARTS) is 1. The first-order valence-electron chi connectivity index (χ1n) is 7.49. The molecule has 0 bridgehead atoms. The van der Waals surface area contributed by atoms with Gasteiger partial charge >= 0.3 is 54.3 Å². The first kappa shape index (κ1) is 32.6. The van der Waals surface area contributed by atoms with Gasteiger partial charge in [-0.1, -0.05) is 0 Å². The number of hydrogen-bond acceptors (Lipinski definition) is 4. The van der Waals surface area contributed by atoms with Gasteiger partial charge in [0.15, 0.2) is 0 Å². The van der Waals surface area contributed by atoms with Crippen LogP contribution in [0.1, 0.15) is 6.92 Å². The van der Waals surface area contributed by atoms with Gasteiger partial charge in [-0.15, -0.1) is 0 Å². The van der Waals surface area contributed by atoms with E-state index in [9.17, 15) is 84.2 Å². The molecule has 35 heavy (non-hydrogen) atoms. The number of carboxylic acids is 1. The Bertz CT molecular complexity index is 854. The normalized spacial score (nSPS) is 18.6. The molecule has 0 aromatic rings. The number of ketones is 1. The number of carbonyl (C=O) groups is 2. The molecule has 0 aliphatic rings. The van der Waals surface area contributed by atoms with Gasteiger partial charge in [0, 0.05) is 5.57 Å². The van der Waals surface area contributed by atoms with E-state index in [2.05, 4.69) is 0 Å². The molecule has 5 nitrogen and oxygen atoms in total. The lowest BCUT2D eigenvalue weighted by molar-refractivity contribution is -0.548. The van der Waals surface area contributed by atoms with E-state index in [1.807, 2.05) is 0 Å². The van der Waals surface area contributed by atoms with Gasteiger partial charge in [0.2, 0.25) is 5.78 Å². The first-order valence-corrected chi connectivity index (χ1v) is 7.49. The molecule has 0 amide bonds. The highest BCUT2D eigenvalue weighted by Gasteiger charge is 2.85. The van der Waals surface area contributed by atoms with Crippen LogP contribution in [0.5, 0.6) is 0 Å². The Kier molecular flexibility index (Phi) is 8.31. The molecule has 0 heterocycles. The summed E-state index contributed by atoms with van der Waals surface area (Å²) in [6, 6.07) is 0. The third-order valence-electron chi connectivity index (χ3n) is 3.36. The van der Waals surface area contributed by atoms with E-state index in [0.717, 1.165) is 0 Å². The van der Waals surface area contributed by atoms with Crippen LogP contribution < -0.4 is 0 Å². The van der Waals surface area contributed by atoms with Crippen LogP contribution in [0.2, 0.25) is 0 Å². The molecule has 2 atom stereocenters. The number of halogens is 17. The predicted molar refractivity (Wildman–Crippen MR) is 69.3 cm³/mol. The fraction of sp³-hybridized carbons (Fsp3) is 0.692. The van der Waals surface area contributed by atoms with E-state index in [0.29, 0.717) is 0 Å². The van der Waals surface area contributed by atoms with Crippen LogP contribution in [0.3, 0.4) is 0 Å². The second-order valence-electron chi connectivity index (χ2n) is 5.99. The van der Waals surface area contributed by atoms with Crippen molar-refractivity contribution in [3.63, 3.8) is 0 Å². The average Bonchev–Trinajstić information content (AvgIpc) is 2.57. The minimum Gasteiger partial charge on any atom is -0.478 e. The molecule has 206 valence electrons. The zero-order valence-corrected chi connectivity index (χ0v) is 15.6. The lowest BCUT2D eigenvalue weighted by Crippen LogP contribution is -2.68. The van der Waals surface area contributed by atoms with Gasteiger partial charge in [0.25, 0.3) is 0 Å². The summed E-state index contributed by atoms with van der Waals surface area (Å²) in [6.07, 6.45) is -40.0. The van der Waals surface area contributed by atoms with E-state index < -0.39 is 71.8 Å². The highest BCUT2D eigenvalue weighted by atomic mass is 19.4. The fourth-order valence-corrected chi connectivity index (χ4v) is 1.53. The van der Waals surface area contributed by atoms with Crippen molar-refractivity contribution in [1.29, 1.82) is 0 Å². The maximum absolute atomic E-state index is 14.1. The maximum Gasteiger partial charge on any atom is 0.462 e. The predicted octanol–water partition coefficient (Wildman–Crippen LogP) is 5.46. The minimum atomic E-state index is -8.13. The molecule has 0 saturated carbocycles. The zero-order chi connectivity index (χ0) is 28.9. The van der Waals surface area contributed by atoms with Crippen LogP contribution in [0.4, 0.5) is 74.6 Å². The van der Waals surface area contributed by atoms with Crippen molar-refractivity contribution in [1.82, 2.24) is 0 Å². The van der Waals surface area contributed by atoms with Gasteiger partial charge in [-0.25, -0.2) is 4.79 Å². The second kappa shape index (κ2) is 8.92. The molecule has 1 N–H and O–H groups in total. The molecule has 0 radical (unpaired) electrons. The molecule has 22 heteroatoms. The molecule has 0 rings (SSSR count). The van der Waals surface area contributed by atoms with E-state index in [1.54, 1.807) is 4.74 Å². The number of rotatable bonds is 9. The van der Waals surface area contributed by atoms with Crippen LogP contribution >= 0.6 is 0 Å². The summed E-state index contributed by atoms with van der Waals surface area (Å²) >= 11 is 0. The summed E-state index contributed by atoms with van der Waals surface area (Å²) in [5.41, 5.74) is -1.66. The van der Waals surface area contributed by atoms with Gasteiger partial charge < -0.3 is 5.11 Å². The van der Waals surface area contributed by atoms with Crippen molar-refractivity contribution in [2.75, 3.05) is 0 Å². The van der Waals surface area contributed by atoms with Crippen LogP contribution in [-0.2, 0) is 19.1 Å². The largest absolute Gasteiger partial charge is 0.478 e. The van der Waals surface area contributed by atoms with Crippen molar-refractivity contribution in [2.24, 2.45) is 0 Å². The number of hydrogen-bond donors (Lipinski definition) is 1. The number of alkyl halides is 17. The van der Waals surface area contributed by atoms with E-state index in [-0.39, 0.29) is 6.92 Å². The average molecular weight is 564 g/mol. The van der Waals surface area contributed by atoms with Crippen molar-refractivity contribution >= 4 is 11.8 Å². The van der Waals surface area contributed by atoms with Crippen LogP contribution in [0.15, 0.2) is 11.6 Å². The molecule has 0 aliphatic heterocycles. The van der Waals surface area contributed by atoms with Gasteiger partial charge in [-0.2, -0.15) is 74.6 Å². The monoisotopic (exact) mass is 564 g/mol. The Morgan fingerprint density at radius 3 is 1.31 bits per heavy atom. The molecular weight excluding hydrogens is 559 g/mol. The molecule has 0 saturated heterocycles. The summed E-state index contributed by atoms with van der Waals surface area (Å²) in [4.78, 5) is 21.7. The number of ether oxygens (including phenoxy) is 2. The number of aliphatic carboxylic acids is 1. The van der Waals surface area contributed by atoms with Gasteiger partial charge in [-0.3, -0.25) is 14.3 Å². The minimum absolute atomic E-state index is 0.160. The highest BCUT2D eigenvalue weighted by Crippen LogP contribution is 2.56. The first-order chi connectivity index (χ1) is 14.9. The quantitative estimate of drug-likeness (QED) is 0.298. The standard InChI is InChI=1S/C13H5F17O5/c1-3(5(32)33)2-4(31)6(14,9(18,19)20)34-13(29,30)8(17,11(24,25)26)35-12(27,28)7(15,16)10(21,22)23/h2H,1H3,(H,32,33). The van der Waals surface area contributed by atoms with E-state index in [4.69, 9.17) is 5.11 Å². The molecule has 0 spiro atoms. The lowest BCUT2D eigenvalue weighted by atomic mass is 10.1. The summed E-state index contributed by atoms with van der Waals surface area (Å²) < 4.78 is 223. The Labute approximate surface area is 179 Å². The van der Waals surface area contributed by atoms with Crippen molar-refractivity contribution in [3.05, 3.63) is 11.6 Å². The summed E-state index contributed by atoms with van der Waals surface area (Å²) in [6.45, 7) is 0.160. The molecule has 0 fully saturated rings. The Hall–Kier alpha value is -2.39. The zero-order valence-electron chi connectivity index (χ0n) is 15.6. The Balaban J connectivity index is 6.91. The van der Waals surface area contributed by atoms with Crippen LogP contribution in [0.25, 0.3) is 0 Å². The molecule has 2 unspecified atom stereocenters. The van der Waals surface area contributed by atoms with Gasteiger partial charge in [0.1, 0.15) is 0 Å². The van der Waals surface area contributed by atoms with Gasteiger partial charge in [0.05, 0.1) is 0 Å². The van der Waals surface area contributed by atoms with E-state index in [1.165, 1.54) is 4.74 Å². The maximum atomic E-state index is 14.1. The Morgan fingerprint density at radius 1 is 0.629 bits per heavy atom. The Morgan fingerprint density at radius 2 is 1.03 bits per heavy atom. The molecule has 0 aliphatic carbocycles. The van der Waals surface area contributed by atoms with Gasteiger partial charge in [-0.05, 0) is 13.0 Å². The third kappa shape index (κ3) is 5.89. The number of carbonyl (C=O) groups excluding carboxylic acids is 1. The molecule has 0 aromatic heterocycles. The van der Waals surface area contributed by atoms with Crippen molar-refractivity contribution in [2.45, 2.75) is 55.3 Å². The van der Waals surface area contributed by atoms with Crippen molar-refractivity contribution < 1.29 is 98.8 Å². The molecule has 0 aromatic carbocycles. The third-order valence-corrected chi connectivity index (χ3v) is 3.36. The van der Waals surface area contributed by atoms with E-state index >= 15 is 0 Å². The summed E-state index contributed by atoms with van der Waals surface area (Å²) in [7, 11) is 0. The van der Waals surface area contributed by atoms with Crippen LogP contribution in [0, 0.1) is 0 Å². The van der Waals surface area contributed by atoms with Crippen LogP contribution in [-0.4, -0.2) is 65.2 Å². The highest BCUT2D eigenvalue weighted by molar-refractivity contribution is 6.02. The molecular formula is C13H5F17O5. The second-order valence-corrected chi connectivity index (χ2v) is 5.99. The fourth-order valence-electron chi connectivity index (χ4n) is 1.53.